The molecular weight excluding hydrogens is 352 g/mol. The number of hydrogen-bond acceptors (Lipinski definition) is 2. The highest BCUT2D eigenvalue weighted by Crippen LogP contribution is 2.48. The molecular formula is C21H25ClO2S. The van der Waals surface area contributed by atoms with E-state index in [-0.39, 0.29) is 5.41 Å². The van der Waals surface area contributed by atoms with Crippen LogP contribution in [0.15, 0.2) is 70.1 Å². The lowest BCUT2D eigenvalue weighted by atomic mass is 9.87. The fourth-order valence-corrected chi connectivity index (χ4v) is 3.88. The average Bonchev–Trinajstić information content (AvgIpc) is 2.83. The van der Waals surface area contributed by atoms with Gasteiger partial charge < -0.3 is 0 Å². The van der Waals surface area contributed by atoms with Crippen molar-refractivity contribution < 1.29 is 8.42 Å². The minimum Gasteiger partial charge on any atom is -0.224 e. The summed E-state index contributed by atoms with van der Waals surface area (Å²) in [6.07, 6.45) is 8.85. The van der Waals surface area contributed by atoms with Crippen LogP contribution < -0.4 is 0 Å². The van der Waals surface area contributed by atoms with E-state index in [1.54, 1.807) is 12.1 Å². The van der Waals surface area contributed by atoms with Crippen LogP contribution in [0.2, 0.25) is 0 Å². The van der Waals surface area contributed by atoms with Gasteiger partial charge in [0, 0.05) is 11.3 Å². The zero-order valence-electron chi connectivity index (χ0n) is 15.3. The van der Waals surface area contributed by atoms with E-state index in [4.69, 9.17) is 11.6 Å². The van der Waals surface area contributed by atoms with E-state index in [1.807, 2.05) is 37.3 Å². The second-order valence-electron chi connectivity index (χ2n) is 7.35. The lowest BCUT2D eigenvalue weighted by Gasteiger charge is -2.17. The molecule has 4 heteroatoms. The maximum atomic E-state index is 11.7. The molecule has 0 radical (unpaired) electrons. The summed E-state index contributed by atoms with van der Waals surface area (Å²) in [7, 11) is -3.18. The second-order valence-corrected chi connectivity index (χ2v) is 9.96. The van der Waals surface area contributed by atoms with Crippen molar-refractivity contribution in [3.8, 4) is 0 Å². The van der Waals surface area contributed by atoms with Gasteiger partial charge in [0.2, 0.25) is 0 Å². The number of benzene rings is 1. The SMILES string of the molecule is C=C/C(=C\C=C(/C)Cl)C1=C(c2ccc(S(C)(=O)=O)cc2)CC(C)(C)C1. The molecule has 0 amide bonds. The highest BCUT2D eigenvalue weighted by atomic mass is 35.5. The summed E-state index contributed by atoms with van der Waals surface area (Å²) in [6.45, 7) is 10.3. The largest absolute Gasteiger partial charge is 0.224 e. The Morgan fingerprint density at radius 1 is 1.16 bits per heavy atom. The van der Waals surface area contributed by atoms with Crippen molar-refractivity contribution in [2.75, 3.05) is 6.26 Å². The summed E-state index contributed by atoms with van der Waals surface area (Å²) in [6, 6.07) is 7.16. The lowest BCUT2D eigenvalue weighted by Crippen LogP contribution is -2.05. The summed E-state index contributed by atoms with van der Waals surface area (Å²) in [5.74, 6) is 0. The third kappa shape index (κ3) is 4.96. The number of hydrogen-bond donors (Lipinski definition) is 0. The Hall–Kier alpha value is -1.58. The Balaban J connectivity index is 2.55. The number of sulfone groups is 1. The minimum atomic E-state index is -3.18. The molecule has 2 rings (SSSR count). The number of rotatable bonds is 5. The summed E-state index contributed by atoms with van der Waals surface area (Å²) >= 11 is 5.96. The molecule has 0 atom stereocenters. The third-order valence-corrected chi connectivity index (χ3v) is 5.62. The van der Waals surface area contributed by atoms with Crippen LogP contribution in [0.5, 0.6) is 0 Å². The van der Waals surface area contributed by atoms with Gasteiger partial charge >= 0.3 is 0 Å². The molecule has 1 aliphatic carbocycles. The first-order valence-corrected chi connectivity index (χ1v) is 10.5. The van der Waals surface area contributed by atoms with E-state index in [9.17, 15) is 8.42 Å². The van der Waals surface area contributed by atoms with Gasteiger partial charge in [-0.2, -0.15) is 0 Å². The molecule has 0 aromatic heterocycles. The van der Waals surface area contributed by atoms with Crippen molar-refractivity contribution >= 4 is 27.0 Å². The monoisotopic (exact) mass is 376 g/mol. The Kier molecular flexibility index (Phi) is 5.80. The van der Waals surface area contributed by atoms with Crippen LogP contribution in [0.4, 0.5) is 0 Å². The van der Waals surface area contributed by atoms with Crippen LogP contribution in [0, 0.1) is 5.41 Å². The van der Waals surface area contributed by atoms with E-state index >= 15 is 0 Å². The van der Waals surface area contributed by atoms with E-state index in [2.05, 4.69) is 20.4 Å². The molecule has 0 bridgehead atoms. The Bertz CT molecular complexity index is 863. The van der Waals surface area contributed by atoms with Crippen molar-refractivity contribution in [2.24, 2.45) is 5.41 Å². The first kappa shape index (κ1) is 19.7. The Labute approximate surface area is 156 Å². The van der Waals surface area contributed by atoms with E-state index < -0.39 is 9.84 Å². The molecule has 0 unspecified atom stereocenters. The molecule has 0 saturated heterocycles. The maximum absolute atomic E-state index is 11.7. The van der Waals surface area contributed by atoms with Crippen molar-refractivity contribution in [1.82, 2.24) is 0 Å². The predicted molar refractivity (Wildman–Crippen MR) is 107 cm³/mol. The fourth-order valence-electron chi connectivity index (χ4n) is 3.19. The molecule has 1 aliphatic rings. The Morgan fingerprint density at radius 3 is 2.24 bits per heavy atom. The average molecular weight is 377 g/mol. The van der Waals surface area contributed by atoms with Gasteiger partial charge in [-0.15, -0.1) is 0 Å². The van der Waals surface area contributed by atoms with Crippen molar-refractivity contribution in [3.05, 3.63) is 70.8 Å². The van der Waals surface area contributed by atoms with Crippen LogP contribution in [0.3, 0.4) is 0 Å². The maximum Gasteiger partial charge on any atom is 0.175 e. The van der Waals surface area contributed by atoms with Crippen LogP contribution in [0.25, 0.3) is 5.57 Å². The normalized spacial score (nSPS) is 18.6. The second kappa shape index (κ2) is 7.35. The topological polar surface area (TPSA) is 34.1 Å². The first-order valence-electron chi connectivity index (χ1n) is 8.23. The lowest BCUT2D eigenvalue weighted by molar-refractivity contribution is 0.398. The van der Waals surface area contributed by atoms with Crippen molar-refractivity contribution in [1.29, 1.82) is 0 Å². The van der Waals surface area contributed by atoms with Crippen LogP contribution in [-0.4, -0.2) is 14.7 Å². The first-order chi connectivity index (χ1) is 11.5. The van der Waals surface area contributed by atoms with Gasteiger partial charge in [-0.3, -0.25) is 0 Å². The summed E-state index contributed by atoms with van der Waals surface area (Å²) in [4.78, 5) is 0.343. The summed E-state index contributed by atoms with van der Waals surface area (Å²) in [5.41, 5.74) is 4.78. The predicted octanol–water partition coefficient (Wildman–Crippen LogP) is 5.92. The zero-order chi connectivity index (χ0) is 18.8. The van der Waals surface area contributed by atoms with Gasteiger partial charge in [0.25, 0.3) is 0 Å². The van der Waals surface area contributed by atoms with Gasteiger partial charge in [0.1, 0.15) is 0 Å². The standard InChI is InChI=1S/C21H25ClO2S/c1-6-16(8-7-15(2)22)19-13-21(3,4)14-20(19)17-9-11-18(12-10-17)25(5,23)24/h6-12H,1,13-14H2,2-5H3/b15-7+,16-8+. The van der Waals surface area contributed by atoms with Crippen LogP contribution in [-0.2, 0) is 9.84 Å². The smallest absolute Gasteiger partial charge is 0.175 e. The zero-order valence-corrected chi connectivity index (χ0v) is 16.8. The van der Waals surface area contributed by atoms with Gasteiger partial charge in [0.05, 0.1) is 4.90 Å². The molecule has 1 aromatic rings. The Morgan fingerprint density at radius 2 is 1.76 bits per heavy atom. The fraction of sp³-hybridized carbons (Fsp3) is 0.333. The minimum absolute atomic E-state index is 0.155. The third-order valence-electron chi connectivity index (χ3n) is 4.37. The van der Waals surface area contributed by atoms with Crippen molar-refractivity contribution in [3.63, 3.8) is 0 Å². The molecule has 0 heterocycles. The number of halogens is 1. The number of allylic oxidation sites excluding steroid dienone is 7. The highest BCUT2D eigenvalue weighted by molar-refractivity contribution is 7.90. The molecule has 2 nitrogen and oxygen atoms in total. The van der Waals surface area contributed by atoms with Gasteiger partial charge in [-0.1, -0.05) is 56.3 Å². The molecule has 0 aliphatic heterocycles. The summed E-state index contributed by atoms with van der Waals surface area (Å²) in [5, 5.41) is 0.719. The van der Waals surface area contributed by atoms with Crippen molar-refractivity contribution in [2.45, 2.75) is 38.5 Å². The highest BCUT2D eigenvalue weighted by Gasteiger charge is 2.32. The molecule has 25 heavy (non-hydrogen) atoms. The van der Waals surface area contributed by atoms with E-state index in [0.29, 0.717) is 4.90 Å². The molecule has 0 saturated carbocycles. The quantitative estimate of drug-likeness (QED) is 0.598. The van der Waals surface area contributed by atoms with Crippen LogP contribution in [0.1, 0.15) is 39.2 Å². The van der Waals surface area contributed by atoms with E-state index in [0.717, 1.165) is 29.0 Å². The van der Waals surface area contributed by atoms with Gasteiger partial charge in [-0.25, -0.2) is 8.42 Å². The molecule has 0 N–H and O–H groups in total. The van der Waals surface area contributed by atoms with E-state index in [1.165, 1.54) is 17.4 Å². The summed E-state index contributed by atoms with van der Waals surface area (Å²) < 4.78 is 23.4. The van der Waals surface area contributed by atoms with Crippen LogP contribution >= 0.6 is 11.6 Å². The molecule has 0 spiro atoms. The molecule has 0 fully saturated rings. The molecule has 1 aromatic carbocycles. The van der Waals surface area contributed by atoms with Gasteiger partial charge in [-0.05, 0) is 65.7 Å². The van der Waals surface area contributed by atoms with Gasteiger partial charge in [0.15, 0.2) is 9.84 Å². The molecule has 134 valence electrons.